The normalized spacial score (nSPS) is 13.4. The Kier molecular flexibility index (Phi) is 10.7. The topological polar surface area (TPSA) is 64.1 Å². The number of carbonyl (C=O) groups excluding carboxylic acids is 1. The number of aromatic nitrogens is 1. The third-order valence-corrected chi connectivity index (χ3v) is 7.60. The average molecular weight is 574 g/mol. The highest BCUT2D eigenvalue weighted by Crippen LogP contribution is 2.52. The summed E-state index contributed by atoms with van der Waals surface area (Å²) < 4.78 is 19.1. The van der Waals surface area contributed by atoms with Crippen LogP contribution in [0.5, 0.6) is 11.5 Å². The summed E-state index contributed by atoms with van der Waals surface area (Å²) >= 11 is 0. The summed E-state index contributed by atoms with van der Waals surface area (Å²) in [4.78, 5) is 23.0. The van der Waals surface area contributed by atoms with Crippen LogP contribution in [-0.4, -0.2) is 50.3 Å². The van der Waals surface area contributed by atoms with E-state index in [4.69, 9.17) is 19.2 Å². The second kappa shape index (κ2) is 14.4. The van der Waals surface area contributed by atoms with E-state index >= 15 is 0 Å². The molecule has 4 rings (SSSR count). The van der Waals surface area contributed by atoms with Crippen molar-refractivity contribution in [3.63, 3.8) is 0 Å². The molecule has 0 spiro atoms. The van der Waals surface area contributed by atoms with Gasteiger partial charge in [-0.2, -0.15) is 0 Å². The minimum absolute atomic E-state index is 0.409. The molecule has 3 aromatic rings. The van der Waals surface area contributed by atoms with Crippen molar-refractivity contribution in [2.45, 2.75) is 72.8 Å². The predicted molar refractivity (Wildman–Crippen MR) is 170 cm³/mol. The maximum absolute atomic E-state index is 13.5. The summed E-state index contributed by atoms with van der Waals surface area (Å²) in [6.07, 6.45) is 5.89. The van der Waals surface area contributed by atoms with Crippen molar-refractivity contribution in [2.75, 3.05) is 49.2 Å². The van der Waals surface area contributed by atoms with Gasteiger partial charge in [0.2, 0.25) is 5.60 Å². The number of hydrogen-bond acceptors (Lipinski definition) is 7. The minimum Gasteiger partial charge on any atom is -0.493 e. The molecule has 1 aromatic heterocycles. The molecule has 1 aliphatic heterocycles. The lowest BCUT2D eigenvalue weighted by molar-refractivity contribution is 0.0228. The summed E-state index contributed by atoms with van der Waals surface area (Å²) in [6.45, 7) is 17.5. The van der Waals surface area contributed by atoms with E-state index in [1.807, 2.05) is 26.0 Å². The molecule has 0 radical (unpaired) electrons. The number of rotatable bonds is 16. The van der Waals surface area contributed by atoms with Crippen LogP contribution in [0.25, 0.3) is 0 Å². The summed E-state index contributed by atoms with van der Waals surface area (Å²) in [5, 5.41) is 0. The number of fused-ring (bicyclic) bond motifs is 1. The zero-order valence-electron chi connectivity index (χ0n) is 26.2. The van der Waals surface area contributed by atoms with Gasteiger partial charge in [0.25, 0.3) is 0 Å². The SMILES string of the molecule is CCCN(CCC)c1ccc(C2(c3ccc(N(CCC)CCC)cc3OCC)OC(=O)c3cccnc32)c(OCC)c1. The Morgan fingerprint density at radius 3 is 1.62 bits per heavy atom. The van der Waals surface area contributed by atoms with E-state index in [0.29, 0.717) is 36.0 Å². The number of esters is 1. The van der Waals surface area contributed by atoms with Crippen molar-refractivity contribution in [1.82, 2.24) is 4.98 Å². The number of ether oxygens (including phenoxy) is 3. The molecule has 0 saturated carbocycles. The van der Waals surface area contributed by atoms with Crippen LogP contribution in [0.4, 0.5) is 11.4 Å². The molecular formula is C35H47N3O4. The first-order chi connectivity index (χ1) is 20.5. The summed E-state index contributed by atoms with van der Waals surface area (Å²) in [5.41, 5.74) is 3.31. The Morgan fingerprint density at radius 2 is 1.19 bits per heavy atom. The average Bonchev–Trinajstić information content (AvgIpc) is 3.30. The third kappa shape index (κ3) is 6.06. The van der Waals surface area contributed by atoms with Gasteiger partial charge in [-0.25, -0.2) is 4.79 Å². The molecule has 0 aliphatic carbocycles. The van der Waals surface area contributed by atoms with Gasteiger partial charge in [0, 0.05) is 67.0 Å². The predicted octanol–water partition coefficient (Wildman–Crippen LogP) is 7.59. The van der Waals surface area contributed by atoms with E-state index in [0.717, 1.165) is 74.4 Å². The highest BCUT2D eigenvalue weighted by molar-refractivity contribution is 5.96. The molecule has 7 heteroatoms. The van der Waals surface area contributed by atoms with Gasteiger partial charge < -0.3 is 24.0 Å². The molecule has 0 N–H and O–H groups in total. The molecule has 2 heterocycles. The lowest BCUT2D eigenvalue weighted by Crippen LogP contribution is -2.32. The highest BCUT2D eigenvalue weighted by Gasteiger charge is 2.53. The Bertz CT molecular complexity index is 1260. The van der Waals surface area contributed by atoms with Gasteiger partial charge >= 0.3 is 5.97 Å². The fourth-order valence-corrected chi connectivity index (χ4v) is 5.97. The largest absolute Gasteiger partial charge is 0.493 e. The van der Waals surface area contributed by atoms with Gasteiger partial charge in [-0.05, 0) is 75.9 Å². The maximum Gasteiger partial charge on any atom is 0.341 e. The van der Waals surface area contributed by atoms with Crippen LogP contribution in [0.15, 0.2) is 54.7 Å². The van der Waals surface area contributed by atoms with Crippen molar-refractivity contribution in [3.8, 4) is 11.5 Å². The molecule has 7 nitrogen and oxygen atoms in total. The molecule has 42 heavy (non-hydrogen) atoms. The van der Waals surface area contributed by atoms with Gasteiger partial charge in [-0.3, -0.25) is 4.98 Å². The van der Waals surface area contributed by atoms with E-state index in [9.17, 15) is 4.79 Å². The van der Waals surface area contributed by atoms with Crippen LogP contribution in [0.1, 0.15) is 94.4 Å². The summed E-state index contributed by atoms with van der Waals surface area (Å²) in [5.74, 6) is 0.931. The van der Waals surface area contributed by atoms with Gasteiger partial charge in [-0.15, -0.1) is 0 Å². The van der Waals surface area contributed by atoms with Crippen molar-refractivity contribution in [2.24, 2.45) is 0 Å². The number of hydrogen-bond donors (Lipinski definition) is 0. The van der Waals surface area contributed by atoms with Crippen molar-refractivity contribution in [3.05, 3.63) is 77.1 Å². The number of carbonyl (C=O) groups is 1. The van der Waals surface area contributed by atoms with Gasteiger partial charge in [0.05, 0.1) is 18.8 Å². The highest BCUT2D eigenvalue weighted by atomic mass is 16.6. The summed E-state index contributed by atoms with van der Waals surface area (Å²) in [7, 11) is 0. The van der Waals surface area contributed by atoms with Gasteiger partial charge in [0.1, 0.15) is 17.2 Å². The van der Waals surface area contributed by atoms with E-state index in [-0.39, 0.29) is 0 Å². The zero-order valence-corrected chi connectivity index (χ0v) is 26.2. The smallest absolute Gasteiger partial charge is 0.341 e. The van der Waals surface area contributed by atoms with E-state index in [1.54, 1.807) is 18.3 Å². The fourth-order valence-electron chi connectivity index (χ4n) is 5.97. The standard InChI is InChI=1S/C35H47N3O4/c1-7-20-37(21-8-2)26-15-17-29(31(24-26)40-11-5)35(33-28(34(39)42-35)14-13-19-36-33)30-18-16-27(25-32(30)41-12-6)38(22-9-3)23-10-4/h13-19,24-25H,7-12,20-23H2,1-6H3. The first-order valence-corrected chi connectivity index (χ1v) is 15.7. The molecule has 226 valence electrons. The van der Waals surface area contributed by atoms with Crippen LogP contribution in [-0.2, 0) is 10.3 Å². The molecule has 0 bridgehead atoms. The fraction of sp³-hybridized carbons (Fsp3) is 0.486. The van der Waals surface area contributed by atoms with Crippen molar-refractivity contribution in [1.29, 1.82) is 0 Å². The van der Waals surface area contributed by atoms with E-state index in [1.165, 1.54) is 0 Å². The monoisotopic (exact) mass is 573 g/mol. The molecule has 2 aromatic carbocycles. The zero-order chi connectivity index (χ0) is 30.1. The van der Waals surface area contributed by atoms with Gasteiger partial charge in [0.15, 0.2) is 0 Å². The molecule has 0 atom stereocenters. The first kappa shape index (κ1) is 31.2. The molecule has 0 fully saturated rings. The van der Waals surface area contributed by atoms with E-state index < -0.39 is 11.6 Å². The lowest BCUT2D eigenvalue weighted by Gasteiger charge is -2.34. The van der Waals surface area contributed by atoms with Gasteiger partial charge in [-0.1, -0.05) is 27.7 Å². The number of anilines is 2. The molecule has 0 unspecified atom stereocenters. The molecular weight excluding hydrogens is 526 g/mol. The second-order valence-corrected chi connectivity index (χ2v) is 10.7. The maximum atomic E-state index is 13.5. The Morgan fingerprint density at radius 1 is 0.714 bits per heavy atom. The molecule has 0 saturated heterocycles. The van der Waals surface area contributed by atoms with E-state index in [2.05, 4.69) is 61.8 Å². The Labute approximate surface area is 251 Å². The quantitative estimate of drug-likeness (QED) is 0.164. The summed E-state index contributed by atoms with van der Waals surface area (Å²) in [6, 6.07) is 16.0. The minimum atomic E-state index is -1.33. The molecule has 0 amide bonds. The van der Waals surface area contributed by atoms with Crippen LogP contribution >= 0.6 is 0 Å². The van der Waals surface area contributed by atoms with Crippen LogP contribution < -0.4 is 19.3 Å². The third-order valence-electron chi connectivity index (χ3n) is 7.60. The molecule has 1 aliphatic rings. The second-order valence-electron chi connectivity index (χ2n) is 10.7. The lowest BCUT2D eigenvalue weighted by atomic mass is 9.81. The number of cyclic esters (lactones) is 1. The first-order valence-electron chi connectivity index (χ1n) is 15.7. The van der Waals surface area contributed by atoms with Crippen molar-refractivity contribution >= 4 is 17.3 Å². The Hall–Kier alpha value is -3.74. The Balaban J connectivity index is 2.00. The number of benzene rings is 2. The van der Waals surface area contributed by atoms with Crippen LogP contribution in [0.2, 0.25) is 0 Å². The van der Waals surface area contributed by atoms with Crippen LogP contribution in [0.3, 0.4) is 0 Å². The number of nitrogens with zero attached hydrogens (tertiary/aromatic N) is 3. The number of pyridine rings is 1. The van der Waals surface area contributed by atoms with Crippen LogP contribution in [0, 0.1) is 0 Å². The van der Waals surface area contributed by atoms with Crippen molar-refractivity contribution < 1.29 is 19.0 Å².